The van der Waals surface area contributed by atoms with Crippen LogP contribution in [0.2, 0.25) is 0 Å². The highest BCUT2D eigenvalue weighted by molar-refractivity contribution is 6.17. The summed E-state index contributed by atoms with van der Waals surface area (Å²) in [7, 11) is 0. The van der Waals surface area contributed by atoms with Crippen molar-refractivity contribution in [1.29, 1.82) is 0 Å². The van der Waals surface area contributed by atoms with E-state index in [2.05, 4.69) is 38.1 Å². The Morgan fingerprint density at radius 2 is 1.50 bits per heavy atom. The standard InChI is InChI=1S/C19H25ClO2/c1-15(2)14-22-19-9-7-16-12-18(8-6-17(16)13-19)21-11-5-3-4-10-20/h6-9,12-13,15H,3-5,10-11,14H2,1-2H3. The molecule has 0 saturated carbocycles. The summed E-state index contributed by atoms with van der Waals surface area (Å²) in [4.78, 5) is 0. The largest absolute Gasteiger partial charge is 0.494 e. The van der Waals surface area contributed by atoms with E-state index in [1.54, 1.807) is 0 Å². The summed E-state index contributed by atoms with van der Waals surface area (Å²) in [6.45, 7) is 5.79. The molecule has 0 aromatic heterocycles. The van der Waals surface area contributed by atoms with Gasteiger partial charge in [-0.25, -0.2) is 0 Å². The van der Waals surface area contributed by atoms with Gasteiger partial charge < -0.3 is 9.47 Å². The predicted octanol–water partition coefficient (Wildman–Crippen LogP) is 5.66. The second-order valence-electron chi connectivity index (χ2n) is 5.97. The minimum absolute atomic E-state index is 0.533. The van der Waals surface area contributed by atoms with Crippen LogP contribution in [0.3, 0.4) is 0 Å². The molecule has 2 nitrogen and oxygen atoms in total. The summed E-state index contributed by atoms with van der Waals surface area (Å²) in [5.74, 6) is 3.12. The monoisotopic (exact) mass is 320 g/mol. The molecule has 0 spiro atoms. The van der Waals surface area contributed by atoms with E-state index >= 15 is 0 Å². The third-order valence-electron chi connectivity index (χ3n) is 3.41. The maximum atomic E-state index is 5.80. The first-order valence-corrected chi connectivity index (χ1v) is 8.58. The fourth-order valence-corrected chi connectivity index (χ4v) is 2.40. The lowest BCUT2D eigenvalue weighted by Gasteiger charge is -2.10. The Balaban J connectivity index is 1.94. The van der Waals surface area contributed by atoms with Crippen molar-refractivity contribution in [3.8, 4) is 11.5 Å². The lowest BCUT2D eigenvalue weighted by molar-refractivity contribution is 0.271. The van der Waals surface area contributed by atoms with Crippen LogP contribution in [0.4, 0.5) is 0 Å². The number of rotatable bonds is 9. The molecule has 2 aromatic rings. The van der Waals surface area contributed by atoms with Crippen LogP contribution in [0.15, 0.2) is 36.4 Å². The molecule has 0 atom stereocenters. The highest BCUT2D eigenvalue weighted by atomic mass is 35.5. The molecular formula is C19H25ClO2. The van der Waals surface area contributed by atoms with Gasteiger partial charge in [-0.2, -0.15) is 0 Å². The molecular weight excluding hydrogens is 296 g/mol. The molecule has 0 aliphatic carbocycles. The summed E-state index contributed by atoms with van der Waals surface area (Å²) in [5, 5.41) is 2.35. The van der Waals surface area contributed by atoms with Gasteiger partial charge in [0.05, 0.1) is 13.2 Å². The van der Waals surface area contributed by atoms with E-state index in [9.17, 15) is 0 Å². The second kappa shape index (κ2) is 8.89. The van der Waals surface area contributed by atoms with E-state index in [4.69, 9.17) is 21.1 Å². The van der Waals surface area contributed by atoms with Gasteiger partial charge in [-0.1, -0.05) is 26.0 Å². The van der Waals surface area contributed by atoms with E-state index in [0.29, 0.717) is 5.92 Å². The van der Waals surface area contributed by atoms with Crippen LogP contribution in [0.5, 0.6) is 11.5 Å². The molecule has 0 heterocycles. The number of hydrogen-bond acceptors (Lipinski definition) is 2. The van der Waals surface area contributed by atoms with Crippen molar-refractivity contribution in [3.63, 3.8) is 0 Å². The summed E-state index contributed by atoms with van der Waals surface area (Å²) in [6, 6.07) is 12.4. The van der Waals surface area contributed by atoms with Gasteiger partial charge >= 0.3 is 0 Å². The van der Waals surface area contributed by atoms with E-state index in [1.807, 2.05) is 12.1 Å². The van der Waals surface area contributed by atoms with Gasteiger partial charge in [0.25, 0.3) is 0 Å². The third-order valence-corrected chi connectivity index (χ3v) is 3.68. The third kappa shape index (κ3) is 5.42. The Hall–Kier alpha value is -1.41. The molecule has 0 fully saturated rings. The van der Waals surface area contributed by atoms with E-state index < -0.39 is 0 Å². The molecule has 2 aromatic carbocycles. The number of alkyl halides is 1. The van der Waals surface area contributed by atoms with Crippen LogP contribution in [0.25, 0.3) is 10.8 Å². The first-order valence-electron chi connectivity index (χ1n) is 8.04. The number of unbranched alkanes of at least 4 members (excludes halogenated alkanes) is 2. The van der Waals surface area contributed by atoms with E-state index in [1.165, 1.54) is 10.8 Å². The molecule has 0 N–H and O–H groups in total. The Kier molecular flexibility index (Phi) is 6.85. The maximum Gasteiger partial charge on any atom is 0.119 e. The molecule has 0 bridgehead atoms. The Morgan fingerprint density at radius 1 is 0.864 bits per heavy atom. The molecule has 0 amide bonds. The van der Waals surface area contributed by atoms with Crippen molar-refractivity contribution >= 4 is 22.4 Å². The van der Waals surface area contributed by atoms with E-state index in [-0.39, 0.29) is 0 Å². The average molecular weight is 321 g/mol. The first kappa shape index (κ1) is 17.0. The van der Waals surface area contributed by atoms with Gasteiger partial charge in [-0.3, -0.25) is 0 Å². The van der Waals surface area contributed by atoms with Crippen molar-refractivity contribution in [3.05, 3.63) is 36.4 Å². The predicted molar refractivity (Wildman–Crippen MR) is 94.3 cm³/mol. The molecule has 0 aliphatic heterocycles. The smallest absolute Gasteiger partial charge is 0.119 e. The van der Waals surface area contributed by atoms with Crippen LogP contribution in [0, 0.1) is 5.92 Å². The summed E-state index contributed by atoms with van der Waals surface area (Å²) in [6.07, 6.45) is 3.22. The molecule has 22 heavy (non-hydrogen) atoms. The molecule has 0 unspecified atom stereocenters. The second-order valence-corrected chi connectivity index (χ2v) is 6.35. The normalized spacial score (nSPS) is 11.1. The lowest BCUT2D eigenvalue weighted by atomic mass is 10.1. The fourth-order valence-electron chi connectivity index (χ4n) is 2.21. The van der Waals surface area contributed by atoms with Crippen molar-refractivity contribution < 1.29 is 9.47 Å². The zero-order valence-corrected chi connectivity index (χ0v) is 14.2. The highest BCUT2D eigenvalue weighted by Gasteiger charge is 2.02. The molecule has 2 rings (SSSR count). The van der Waals surface area contributed by atoms with Gasteiger partial charge in [0.2, 0.25) is 0 Å². The highest BCUT2D eigenvalue weighted by Crippen LogP contribution is 2.25. The van der Waals surface area contributed by atoms with Gasteiger partial charge in [0.1, 0.15) is 11.5 Å². The molecule has 120 valence electrons. The average Bonchev–Trinajstić information content (AvgIpc) is 2.52. The minimum Gasteiger partial charge on any atom is -0.494 e. The summed E-state index contributed by atoms with van der Waals surface area (Å²) < 4.78 is 11.6. The molecule has 3 heteroatoms. The lowest BCUT2D eigenvalue weighted by Crippen LogP contribution is -2.04. The van der Waals surface area contributed by atoms with Crippen LogP contribution in [-0.2, 0) is 0 Å². The SMILES string of the molecule is CC(C)COc1ccc2cc(OCCCCCCl)ccc2c1. The molecule has 0 saturated heterocycles. The van der Waals surface area contributed by atoms with E-state index in [0.717, 1.165) is 49.9 Å². The van der Waals surface area contributed by atoms with Crippen LogP contribution in [-0.4, -0.2) is 19.1 Å². The van der Waals surface area contributed by atoms with Crippen LogP contribution < -0.4 is 9.47 Å². The van der Waals surface area contributed by atoms with Gasteiger partial charge in [0, 0.05) is 5.88 Å². The Labute approximate surface area is 138 Å². The zero-order valence-electron chi connectivity index (χ0n) is 13.5. The van der Waals surface area contributed by atoms with Crippen LogP contribution in [0.1, 0.15) is 33.1 Å². The number of fused-ring (bicyclic) bond motifs is 1. The van der Waals surface area contributed by atoms with Gasteiger partial charge in [-0.05, 0) is 60.2 Å². The van der Waals surface area contributed by atoms with Crippen LogP contribution >= 0.6 is 11.6 Å². The van der Waals surface area contributed by atoms with Gasteiger partial charge in [-0.15, -0.1) is 11.6 Å². The summed E-state index contributed by atoms with van der Waals surface area (Å²) in [5.41, 5.74) is 0. The number of ether oxygens (including phenoxy) is 2. The molecule has 0 aliphatic rings. The number of halogens is 1. The Morgan fingerprint density at radius 3 is 2.09 bits per heavy atom. The molecule has 0 radical (unpaired) electrons. The number of hydrogen-bond donors (Lipinski definition) is 0. The van der Waals surface area contributed by atoms with Crippen molar-refractivity contribution in [2.24, 2.45) is 5.92 Å². The van der Waals surface area contributed by atoms with Gasteiger partial charge in [0.15, 0.2) is 0 Å². The fraction of sp³-hybridized carbons (Fsp3) is 0.474. The summed E-state index contributed by atoms with van der Waals surface area (Å²) >= 11 is 5.66. The minimum atomic E-state index is 0.533. The van der Waals surface area contributed by atoms with Crippen molar-refractivity contribution in [1.82, 2.24) is 0 Å². The maximum absolute atomic E-state index is 5.80. The zero-order chi connectivity index (χ0) is 15.8. The topological polar surface area (TPSA) is 18.5 Å². The van der Waals surface area contributed by atoms with Crippen molar-refractivity contribution in [2.45, 2.75) is 33.1 Å². The quantitative estimate of drug-likeness (QED) is 0.438. The number of benzene rings is 2. The van der Waals surface area contributed by atoms with Crippen molar-refractivity contribution in [2.75, 3.05) is 19.1 Å². The Bertz CT molecular complexity index is 581. The first-order chi connectivity index (χ1) is 10.7.